The molecule has 30 heavy (non-hydrogen) atoms. The van der Waals surface area contributed by atoms with Crippen LogP contribution in [0.1, 0.15) is 41.5 Å². The lowest BCUT2D eigenvalue weighted by atomic mass is 9.95. The first-order valence-electron chi connectivity index (χ1n) is 9.68. The molecule has 0 N–H and O–H groups in total. The summed E-state index contributed by atoms with van der Waals surface area (Å²) < 4.78 is 11.8. The number of ether oxygens (including phenoxy) is 1. The van der Waals surface area contributed by atoms with Crippen LogP contribution in [-0.2, 0) is 16.1 Å². The molecule has 0 aliphatic rings. The van der Waals surface area contributed by atoms with Crippen LogP contribution in [0.25, 0.3) is 27.3 Å². The smallest absolute Gasteiger partial charge is 0.336 e. The fourth-order valence-electron chi connectivity index (χ4n) is 3.43. The van der Waals surface area contributed by atoms with Gasteiger partial charge in [-0.05, 0) is 54.3 Å². The number of fused-ring (bicyclic) bond motifs is 2. The van der Waals surface area contributed by atoms with Gasteiger partial charge in [-0.25, -0.2) is 14.6 Å². The average molecular weight is 420 g/mol. The molecule has 0 saturated heterocycles. The van der Waals surface area contributed by atoms with Gasteiger partial charge in [-0.1, -0.05) is 26.0 Å². The molecule has 0 radical (unpaired) electrons. The van der Waals surface area contributed by atoms with E-state index in [1.54, 1.807) is 6.08 Å². The van der Waals surface area contributed by atoms with Crippen molar-refractivity contribution in [1.82, 2.24) is 4.98 Å². The quantitative estimate of drug-likeness (QED) is 0.240. The number of para-hydroxylation sites is 1. The van der Waals surface area contributed by atoms with Crippen LogP contribution in [0.15, 0.2) is 57.8 Å². The van der Waals surface area contributed by atoms with E-state index in [0.717, 1.165) is 26.2 Å². The number of hydrogen-bond acceptors (Lipinski definition) is 6. The van der Waals surface area contributed by atoms with Gasteiger partial charge < -0.3 is 9.15 Å². The van der Waals surface area contributed by atoms with Crippen molar-refractivity contribution < 1.29 is 13.9 Å². The molecular weight excluding hydrogens is 398 g/mol. The Labute approximate surface area is 177 Å². The average Bonchev–Trinajstić information content (AvgIpc) is 3.12. The first-order chi connectivity index (χ1) is 14.4. The highest BCUT2D eigenvalue weighted by Crippen LogP contribution is 2.27. The second kappa shape index (κ2) is 8.24. The number of carbonyl (C=O) groups is 1. The summed E-state index contributed by atoms with van der Waals surface area (Å²) in [5.74, 6) is -0.166. The molecule has 0 atom stereocenters. The molecule has 4 rings (SSSR count). The third-order valence-electron chi connectivity index (χ3n) is 4.88. The van der Waals surface area contributed by atoms with Crippen molar-refractivity contribution in [2.45, 2.75) is 33.3 Å². The van der Waals surface area contributed by atoms with Gasteiger partial charge in [0.05, 0.1) is 10.2 Å². The zero-order chi connectivity index (χ0) is 21.3. The Hall–Kier alpha value is -3.25. The van der Waals surface area contributed by atoms with E-state index in [1.165, 1.54) is 29.0 Å². The summed E-state index contributed by atoms with van der Waals surface area (Å²) in [7, 11) is 0. The second-order valence-electron chi connectivity index (χ2n) is 7.41. The monoisotopic (exact) mass is 419 g/mol. The minimum atomic E-state index is -0.494. The van der Waals surface area contributed by atoms with Gasteiger partial charge in [0, 0.05) is 23.1 Å². The number of rotatable bonds is 5. The van der Waals surface area contributed by atoms with E-state index in [0.29, 0.717) is 17.1 Å². The number of aryl methyl sites for hydroxylation is 1. The van der Waals surface area contributed by atoms with Crippen molar-refractivity contribution in [2.75, 3.05) is 0 Å². The molecule has 0 fully saturated rings. The van der Waals surface area contributed by atoms with Crippen LogP contribution in [0.2, 0.25) is 0 Å². The largest absolute Gasteiger partial charge is 0.458 e. The van der Waals surface area contributed by atoms with Crippen LogP contribution in [-0.4, -0.2) is 11.0 Å². The molecule has 4 aromatic rings. The van der Waals surface area contributed by atoms with Crippen LogP contribution in [0.5, 0.6) is 0 Å². The van der Waals surface area contributed by atoms with Crippen molar-refractivity contribution in [3.8, 4) is 0 Å². The summed E-state index contributed by atoms with van der Waals surface area (Å²) in [5, 5.41) is 1.52. The van der Waals surface area contributed by atoms with Crippen LogP contribution in [0.4, 0.5) is 0 Å². The fraction of sp³-hybridized carbons (Fsp3) is 0.208. The Balaban J connectivity index is 1.54. The van der Waals surface area contributed by atoms with Crippen LogP contribution < -0.4 is 5.63 Å². The number of esters is 1. The highest BCUT2D eigenvalue weighted by molar-refractivity contribution is 7.19. The van der Waals surface area contributed by atoms with Gasteiger partial charge in [0.2, 0.25) is 0 Å². The molecule has 0 aliphatic carbocycles. The Bertz CT molecular complexity index is 1300. The lowest BCUT2D eigenvalue weighted by molar-refractivity contribution is -0.138. The standard InChI is InChI=1S/C24H21NO4S/c1-14(2)17-12-18-16(11-24(27)29-20(18)10-15(17)3)13-28-23(26)9-8-22-25-19-6-4-5-7-21(19)30-22/h4-12,14H,13H2,1-3H3/b9-8+. The Morgan fingerprint density at radius 3 is 2.80 bits per heavy atom. The highest BCUT2D eigenvalue weighted by atomic mass is 32.1. The normalized spacial score (nSPS) is 11.7. The van der Waals surface area contributed by atoms with E-state index >= 15 is 0 Å². The maximum atomic E-state index is 12.2. The molecule has 6 heteroatoms. The molecule has 0 aliphatic heterocycles. The van der Waals surface area contributed by atoms with Gasteiger partial charge >= 0.3 is 11.6 Å². The molecule has 0 spiro atoms. The van der Waals surface area contributed by atoms with Crippen molar-refractivity contribution in [3.63, 3.8) is 0 Å². The SMILES string of the molecule is Cc1cc2oc(=O)cc(COC(=O)/C=C/c3nc4ccccc4s3)c2cc1C(C)C. The molecule has 152 valence electrons. The lowest BCUT2D eigenvalue weighted by Gasteiger charge is -2.13. The number of thiazole rings is 1. The van der Waals surface area contributed by atoms with Crippen molar-refractivity contribution in [2.24, 2.45) is 0 Å². The summed E-state index contributed by atoms with van der Waals surface area (Å²) in [5.41, 5.74) is 3.79. The zero-order valence-electron chi connectivity index (χ0n) is 17.0. The van der Waals surface area contributed by atoms with Crippen molar-refractivity contribution in [3.05, 3.63) is 80.7 Å². The first kappa shape index (κ1) is 20.0. The van der Waals surface area contributed by atoms with Crippen LogP contribution in [0.3, 0.4) is 0 Å². The summed E-state index contributed by atoms with van der Waals surface area (Å²) >= 11 is 1.50. The maximum absolute atomic E-state index is 12.2. The third kappa shape index (κ3) is 4.19. The van der Waals surface area contributed by atoms with Gasteiger partial charge in [0.25, 0.3) is 0 Å². The predicted molar refractivity (Wildman–Crippen MR) is 120 cm³/mol. The molecule has 2 heterocycles. The minimum absolute atomic E-state index is 0.00822. The Morgan fingerprint density at radius 2 is 2.03 bits per heavy atom. The van der Waals surface area contributed by atoms with Crippen molar-refractivity contribution >= 4 is 44.6 Å². The molecule has 0 amide bonds. The number of nitrogens with zero attached hydrogens (tertiary/aromatic N) is 1. The minimum Gasteiger partial charge on any atom is -0.458 e. The number of carbonyl (C=O) groups excluding carboxylic acids is 1. The number of hydrogen-bond donors (Lipinski definition) is 0. The number of benzene rings is 2. The third-order valence-corrected chi connectivity index (χ3v) is 5.88. The maximum Gasteiger partial charge on any atom is 0.336 e. The fourth-order valence-corrected chi connectivity index (χ4v) is 4.30. The summed E-state index contributed by atoms with van der Waals surface area (Å²) in [6.45, 7) is 6.21. The number of aromatic nitrogens is 1. The molecule has 0 saturated carbocycles. The molecule has 2 aromatic carbocycles. The van der Waals surface area contributed by atoms with E-state index in [1.807, 2.05) is 43.3 Å². The molecule has 2 aromatic heterocycles. The van der Waals surface area contributed by atoms with Crippen LogP contribution in [0, 0.1) is 6.92 Å². The predicted octanol–water partition coefficient (Wildman–Crippen LogP) is 5.59. The highest BCUT2D eigenvalue weighted by Gasteiger charge is 2.12. The summed E-state index contributed by atoms with van der Waals surface area (Å²) in [6.07, 6.45) is 3.00. The van der Waals surface area contributed by atoms with Gasteiger partial charge in [0.15, 0.2) is 0 Å². The van der Waals surface area contributed by atoms with E-state index in [-0.39, 0.29) is 6.61 Å². The van der Waals surface area contributed by atoms with E-state index in [9.17, 15) is 9.59 Å². The van der Waals surface area contributed by atoms with Gasteiger partial charge in [-0.3, -0.25) is 0 Å². The lowest BCUT2D eigenvalue weighted by Crippen LogP contribution is -2.06. The molecule has 0 bridgehead atoms. The van der Waals surface area contributed by atoms with Gasteiger partial charge in [-0.2, -0.15) is 0 Å². The molecule has 5 nitrogen and oxygen atoms in total. The van der Waals surface area contributed by atoms with Crippen LogP contribution >= 0.6 is 11.3 Å². The topological polar surface area (TPSA) is 69.4 Å². The van der Waals surface area contributed by atoms with Crippen molar-refractivity contribution in [1.29, 1.82) is 0 Å². The zero-order valence-corrected chi connectivity index (χ0v) is 17.8. The van der Waals surface area contributed by atoms with E-state index in [4.69, 9.17) is 9.15 Å². The van der Waals surface area contributed by atoms with E-state index in [2.05, 4.69) is 18.8 Å². The Morgan fingerprint density at radius 1 is 1.23 bits per heavy atom. The molecular formula is C24H21NO4S. The summed E-state index contributed by atoms with van der Waals surface area (Å²) in [6, 6.07) is 13.1. The van der Waals surface area contributed by atoms with Gasteiger partial charge in [-0.15, -0.1) is 11.3 Å². The first-order valence-corrected chi connectivity index (χ1v) is 10.5. The molecule has 0 unspecified atom stereocenters. The Kier molecular flexibility index (Phi) is 5.50. The second-order valence-corrected chi connectivity index (χ2v) is 8.47. The summed E-state index contributed by atoms with van der Waals surface area (Å²) in [4.78, 5) is 28.6. The van der Waals surface area contributed by atoms with E-state index < -0.39 is 11.6 Å². The van der Waals surface area contributed by atoms with Gasteiger partial charge in [0.1, 0.15) is 17.2 Å².